The maximum atomic E-state index is 12.2. The number of carbonyl (C=O) groups excluding carboxylic acids is 2. The molecule has 0 atom stereocenters. The third-order valence-corrected chi connectivity index (χ3v) is 2.94. The fourth-order valence-electron chi connectivity index (χ4n) is 1.71. The van der Waals surface area contributed by atoms with Crippen LogP contribution in [0.3, 0.4) is 0 Å². The molecule has 0 aromatic heterocycles. The minimum atomic E-state index is -0.599. The molecule has 21 heavy (non-hydrogen) atoms. The number of ether oxygens (including phenoxy) is 2. The number of hydrogen-bond donors (Lipinski definition) is 0. The van der Waals surface area contributed by atoms with Gasteiger partial charge in [0.05, 0.1) is 0 Å². The van der Waals surface area contributed by atoms with Crippen LogP contribution in [0.25, 0.3) is 0 Å². The highest BCUT2D eigenvalue weighted by Gasteiger charge is 2.17. The first kappa shape index (κ1) is 15.1. The Morgan fingerprint density at radius 1 is 1.05 bits per heavy atom. The molecule has 0 amide bonds. The highest BCUT2D eigenvalue weighted by atomic mass is 35.5. The number of carbonyl (C=O) groups is 2. The molecule has 0 fully saturated rings. The molecule has 0 aliphatic carbocycles. The molecule has 0 saturated carbocycles. The second-order valence-corrected chi connectivity index (χ2v) is 4.53. The van der Waals surface area contributed by atoms with Crippen LogP contribution in [0.2, 0.25) is 0 Å². The van der Waals surface area contributed by atoms with Crippen LogP contribution in [0.5, 0.6) is 11.5 Å². The van der Waals surface area contributed by atoms with Gasteiger partial charge in [0.1, 0.15) is 17.1 Å². The van der Waals surface area contributed by atoms with Crippen molar-refractivity contribution in [2.45, 2.75) is 12.8 Å². The lowest BCUT2D eigenvalue weighted by Crippen LogP contribution is -2.13. The lowest BCUT2D eigenvalue weighted by Gasteiger charge is -2.10. The van der Waals surface area contributed by atoms with E-state index in [-0.39, 0.29) is 17.2 Å². The number of halogens is 1. The topological polar surface area (TPSA) is 52.6 Å². The number of alkyl halides is 1. The summed E-state index contributed by atoms with van der Waals surface area (Å²) < 4.78 is 10.3. The zero-order chi connectivity index (χ0) is 15.2. The third kappa shape index (κ3) is 4.07. The van der Waals surface area contributed by atoms with Crippen LogP contribution in [0.15, 0.2) is 48.5 Å². The summed E-state index contributed by atoms with van der Waals surface area (Å²) in [6.45, 7) is 1.26. The van der Waals surface area contributed by atoms with Gasteiger partial charge < -0.3 is 9.47 Å². The Labute approximate surface area is 127 Å². The first-order chi connectivity index (χ1) is 10.1. The average molecular weight is 305 g/mol. The van der Waals surface area contributed by atoms with Crippen LogP contribution >= 0.6 is 11.6 Å². The summed E-state index contributed by atoms with van der Waals surface area (Å²) in [5.41, 5.74) is 0.909. The first-order valence-electron chi connectivity index (χ1n) is 6.24. The van der Waals surface area contributed by atoms with Gasteiger partial charge >= 0.3 is 11.9 Å². The molecule has 108 valence electrons. The number of esters is 2. The predicted molar refractivity (Wildman–Crippen MR) is 78.7 cm³/mol. The number of hydrogen-bond acceptors (Lipinski definition) is 4. The van der Waals surface area contributed by atoms with E-state index < -0.39 is 11.9 Å². The van der Waals surface area contributed by atoms with E-state index in [9.17, 15) is 9.59 Å². The number of rotatable bonds is 4. The van der Waals surface area contributed by atoms with Crippen LogP contribution in [-0.2, 0) is 10.7 Å². The summed E-state index contributed by atoms with van der Waals surface area (Å²) in [5.74, 6) is -0.309. The molecule has 4 nitrogen and oxygen atoms in total. The molecule has 0 radical (unpaired) electrons. The molecular weight excluding hydrogens is 292 g/mol. The largest absolute Gasteiger partial charge is 0.426 e. The second-order valence-electron chi connectivity index (χ2n) is 4.26. The van der Waals surface area contributed by atoms with Crippen LogP contribution in [0, 0.1) is 0 Å². The fourth-order valence-corrected chi connectivity index (χ4v) is 1.87. The van der Waals surface area contributed by atoms with E-state index in [0.29, 0.717) is 5.75 Å². The third-order valence-electron chi connectivity index (χ3n) is 2.63. The van der Waals surface area contributed by atoms with Gasteiger partial charge in [-0.1, -0.05) is 24.3 Å². The van der Waals surface area contributed by atoms with Crippen molar-refractivity contribution in [2.75, 3.05) is 0 Å². The van der Waals surface area contributed by atoms with Crippen LogP contribution in [0.1, 0.15) is 22.8 Å². The lowest BCUT2D eigenvalue weighted by atomic mass is 10.1. The van der Waals surface area contributed by atoms with E-state index in [1.54, 1.807) is 36.4 Å². The van der Waals surface area contributed by atoms with Gasteiger partial charge in [0.25, 0.3) is 0 Å². The van der Waals surface area contributed by atoms with E-state index in [2.05, 4.69) is 0 Å². The highest BCUT2D eigenvalue weighted by molar-refractivity contribution is 6.17. The van der Waals surface area contributed by atoms with Gasteiger partial charge in [0.2, 0.25) is 0 Å². The second kappa shape index (κ2) is 6.90. The summed E-state index contributed by atoms with van der Waals surface area (Å²) in [5, 5.41) is 0. The average Bonchev–Trinajstić information content (AvgIpc) is 2.47. The molecule has 0 spiro atoms. The minimum absolute atomic E-state index is 0.140. The van der Waals surface area contributed by atoms with Crippen molar-refractivity contribution in [2.24, 2.45) is 0 Å². The maximum Gasteiger partial charge on any atom is 0.347 e. The summed E-state index contributed by atoms with van der Waals surface area (Å²) >= 11 is 5.74. The Morgan fingerprint density at radius 2 is 1.76 bits per heavy atom. The van der Waals surface area contributed by atoms with Gasteiger partial charge in [0.15, 0.2) is 0 Å². The molecule has 0 heterocycles. The molecule has 2 rings (SSSR count). The molecule has 0 aliphatic rings. The lowest BCUT2D eigenvalue weighted by molar-refractivity contribution is -0.131. The van der Waals surface area contributed by atoms with Gasteiger partial charge in [-0.2, -0.15) is 0 Å². The van der Waals surface area contributed by atoms with Crippen molar-refractivity contribution in [3.8, 4) is 11.5 Å². The van der Waals surface area contributed by atoms with Crippen molar-refractivity contribution < 1.29 is 19.1 Å². The smallest absolute Gasteiger partial charge is 0.347 e. The molecular formula is C16H13ClO4. The van der Waals surface area contributed by atoms with Crippen molar-refractivity contribution in [3.05, 3.63) is 59.7 Å². The SMILES string of the molecule is CC(=O)Oc1cc(CCl)ccc1C(=O)Oc1ccccc1. The Hall–Kier alpha value is -2.33. The zero-order valence-corrected chi connectivity index (χ0v) is 12.1. The Balaban J connectivity index is 2.29. The van der Waals surface area contributed by atoms with Crippen molar-refractivity contribution in [1.82, 2.24) is 0 Å². The highest BCUT2D eigenvalue weighted by Crippen LogP contribution is 2.24. The standard InChI is InChI=1S/C16H13ClO4/c1-11(18)20-15-9-12(10-17)7-8-14(15)16(19)21-13-5-3-2-4-6-13/h2-9H,10H2,1H3. The fraction of sp³-hybridized carbons (Fsp3) is 0.125. The van der Waals surface area contributed by atoms with Gasteiger partial charge in [-0.25, -0.2) is 4.79 Å². The summed E-state index contributed by atoms with van der Waals surface area (Å²) in [7, 11) is 0. The minimum Gasteiger partial charge on any atom is -0.426 e. The molecule has 0 aliphatic heterocycles. The first-order valence-corrected chi connectivity index (χ1v) is 6.78. The molecule has 2 aromatic rings. The number of para-hydroxylation sites is 1. The van der Waals surface area contributed by atoms with Crippen LogP contribution in [-0.4, -0.2) is 11.9 Å². The quantitative estimate of drug-likeness (QED) is 0.492. The van der Waals surface area contributed by atoms with E-state index >= 15 is 0 Å². The Kier molecular flexibility index (Phi) is 4.95. The molecule has 0 N–H and O–H groups in total. The number of benzene rings is 2. The van der Waals surface area contributed by atoms with Crippen molar-refractivity contribution in [3.63, 3.8) is 0 Å². The van der Waals surface area contributed by atoms with E-state index in [0.717, 1.165) is 5.56 Å². The van der Waals surface area contributed by atoms with Gasteiger partial charge in [-0.15, -0.1) is 11.6 Å². The van der Waals surface area contributed by atoms with Crippen molar-refractivity contribution >= 4 is 23.5 Å². The van der Waals surface area contributed by atoms with Crippen LogP contribution in [0.4, 0.5) is 0 Å². The summed E-state index contributed by atoms with van der Waals surface area (Å²) in [6.07, 6.45) is 0. The molecule has 0 saturated heterocycles. The van der Waals surface area contributed by atoms with E-state index in [1.807, 2.05) is 6.07 Å². The van der Waals surface area contributed by atoms with Gasteiger partial charge in [-0.3, -0.25) is 4.79 Å². The van der Waals surface area contributed by atoms with E-state index in [1.165, 1.54) is 13.0 Å². The molecule has 5 heteroatoms. The van der Waals surface area contributed by atoms with Crippen LogP contribution < -0.4 is 9.47 Å². The summed E-state index contributed by atoms with van der Waals surface area (Å²) in [6, 6.07) is 13.4. The maximum absolute atomic E-state index is 12.2. The molecule has 0 bridgehead atoms. The molecule has 2 aromatic carbocycles. The molecule has 0 unspecified atom stereocenters. The van der Waals surface area contributed by atoms with Crippen molar-refractivity contribution in [1.29, 1.82) is 0 Å². The van der Waals surface area contributed by atoms with Gasteiger partial charge in [0, 0.05) is 12.8 Å². The normalized spacial score (nSPS) is 10.0. The summed E-state index contributed by atoms with van der Waals surface area (Å²) in [4.78, 5) is 23.3. The van der Waals surface area contributed by atoms with E-state index in [4.69, 9.17) is 21.1 Å². The predicted octanol–water partition coefficient (Wildman–Crippen LogP) is 3.57. The monoisotopic (exact) mass is 304 g/mol. The Morgan fingerprint density at radius 3 is 2.38 bits per heavy atom. The Bertz CT molecular complexity index is 653. The van der Waals surface area contributed by atoms with Gasteiger partial charge in [-0.05, 0) is 29.8 Å². The zero-order valence-electron chi connectivity index (χ0n) is 11.3.